The third-order valence-electron chi connectivity index (χ3n) is 3.12. The molecule has 0 aliphatic carbocycles. The molecule has 0 spiro atoms. The fourth-order valence-corrected chi connectivity index (χ4v) is 2.75. The van der Waals surface area contributed by atoms with Gasteiger partial charge in [-0.05, 0) is 24.1 Å². The van der Waals surface area contributed by atoms with Crippen LogP contribution < -0.4 is 15.8 Å². The highest BCUT2D eigenvalue weighted by molar-refractivity contribution is 7.15. The van der Waals surface area contributed by atoms with E-state index in [9.17, 15) is 4.79 Å². The van der Waals surface area contributed by atoms with Crippen LogP contribution in [-0.2, 0) is 11.2 Å². The number of methoxy groups -OCH3 is 1. The highest BCUT2D eigenvalue weighted by Gasteiger charge is 2.15. The van der Waals surface area contributed by atoms with E-state index in [-0.39, 0.29) is 18.3 Å². The van der Waals surface area contributed by atoms with Crippen molar-refractivity contribution >= 4 is 34.8 Å². The van der Waals surface area contributed by atoms with Gasteiger partial charge in [-0.15, -0.1) is 22.6 Å². The van der Waals surface area contributed by atoms with Crippen molar-refractivity contribution in [2.45, 2.75) is 32.2 Å². The van der Waals surface area contributed by atoms with Gasteiger partial charge in [-0.1, -0.05) is 36.8 Å². The molecular formula is C15H21ClN4O2S. The van der Waals surface area contributed by atoms with Crippen molar-refractivity contribution in [2.75, 3.05) is 12.4 Å². The number of halogens is 1. The van der Waals surface area contributed by atoms with Crippen molar-refractivity contribution in [3.05, 3.63) is 34.8 Å². The first-order valence-electron chi connectivity index (χ1n) is 7.14. The normalized spacial score (nSPS) is 11.4. The SMILES string of the molecule is CCCC(N)C(=O)Nc1nnc(Cc2cccc(OC)c2)s1.Cl. The fraction of sp³-hybridized carbons (Fsp3) is 0.400. The molecule has 1 unspecified atom stereocenters. The highest BCUT2D eigenvalue weighted by Crippen LogP contribution is 2.21. The van der Waals surface area contributed by atoms with Crippen molar-refractivity contribution in [2.24, 2.45) is 5.73 Å². The number of rotatable bonds is 7. The van der Waals surface area contributed by atoms with Crippen LogP contribution in [0.25, 0.3) is 0 Å². The molecule has 0 aliphatic heterocycles. The summed E-state index contributed by atoms with van der Waals surface area (Å²) in [6, 6.07) is 7.28. The third-order valence-corrected chi connectivity index (χ3v) is 3.96. The second kappa shape index (κ2) is 9.44. The molecule has 0 radical (unpaired) electrons. The lowest BCUT2D eigenvalue weighted by Crippen LogP contribution is -2.35. The maximum atomic E-state index is 11.8. The van der Waals surface area contributed by atoms with E-state index in [0.717, 1.165) is 22.7 Å². The molecule has 1 aromatic heterocycles. The molecule has 6 nitrogen and oxygen atoms in total. The molecule has 1 amide bonds. The van der Waals surface area contributed by atoms with Gasteiger partial charge in [-0.25, -0.2) is 0 Å². The molecular weight excluding hydrogens is 336 g/mol. The van der Waals surface area contributed by atoms with Gasteiger partial charge in [0.15, 0.2) is 0 Å². The Balaban J connectivity index is 0.00000264. The van der Waals surface area contributed by atoms with Crippen molar-refractivity contribution in [1.29, 1.82) is 0 Å². The lowest BCUT2D eigenvalue weighted by Gasteiger charge is -2.08. The zero-order valence-electron chi connectivity index (χ0n) is 13.1. The number of hydrogen-bond acceptors (Lipinski definition) is 6. The van der Waals surface area contributed by atoms with Gasteiger partial charge in [0.25, 0.3) is 0 Å². The number of nitrogens with two attached hydrogens (primary N) is 1. The van der Waals surface area contributed by atoms with Crippen LogP contribution in [0.1, 0.15) is 30.3 Å². The largest absolute Gasteiger partial charge is 0.497 e. The van der Waals surface area contributed by atoms with Crippen LogP contribution in [0.3, 0.4) is 0 Å². The molecule has 0 aliphatic rings. The Bertz CT molecular complexity index is 635. The fourth-order valence-electron chi connectivity index (χ4n) is 1.97. The number of carbonyl (C=O) groups excluding carboxylic acids is 1. The van der Waals surface area contributed by atoms with Crippen LogP contribution in [0.4, 0.5) is 5.13 Å². The Morgan fingerprint density at radius 2 is 2.22 bits per heavy atom. The summed E-state index contributed by atoms with van der Waals surface area (Å²) in [5, 5.41) is 12.1. The first-order chi connectivity index (χ1) is 10.6. The van der Waals surface area contributed by atoms with Crippen LogP contribution in [0, 0.1) is 0 Å². The maximum Gasteiger partial charge on any atom is 0.243 e. The average molecular weight is 357 g/mol. The molecule has 2 rings (SSSR count). The van der Waals surface area contributed by atoms with Crippen molar-refractivity contribution in [3.8, 4) is 5.75 Å². The molecule has 1 heterocycles. The van der Waals surface area contributed by atoms with E-state index in [2.05, 4.69) is 15.5 Å². The third kappa shape index (κ3) is 5.78. The summed E-state index contributed by atoms with van der Waals surface area (Å²) >= 11 is 1.35. The van der Waals surface area contributed by atoms with E-state index in [1.54, 1.807) is 7.11 Å². The molecule has 1 atom stereocenters. The molecule has 0 fully saturated rings. The molecule has 2 aromatic rings. The standard InChI is InChI=1S/C15H20N4O2S.ClH/c1-3-5-12(16)14(20)17-15-19-18-13(22-15)9-10-6-4-7-11(8-10)21-2;/h4,6-8,12H,3,5,9,16H2,1-2H3,(H,17,19,20);1H. The number of nitrogens with zero attached hydrogens (tertiary/aromatic N) is 2. The zero-order valence-corrected chi connectivity index (χ0v) is 14.7. The smallest absolute Gasteiger partial charge is 0.243 e. The molecule has 8 heteroatoms. The van der Waals surface area contributed by atoms with Crippen LogP contribution in [-0.4, -0.2) is 29.3 Å². The summed E-state index contributed by atoms with van der Waals surface area (Å²) in [5.74, 6) is 0.590. The quantitative estimate of drug-likeness (QED) is 0.795. The summed E-state index contributed by atoms with van der Waals surface area (Å²) in [6.07, 6.45) is 2.17. The van der Waals surface area contributed by atoms with E-state index in [1.807, 2.05) is 31.2 Å². The number of anilines is 1. The molecule has 3 N–H and O–H groups in total. The van der Waals surface area contributed by atoms with E-state index in [0.29, 0.717) is 18.0 Å². The highest BCUT2D eigenvalue weighted by atomic mass is 35.5. The molecule has 23 heavy (non-hydrogen) atoms. The Kier molecular flexibility index (Phi) is 7.94. The summed E-state index contributed by atoms with van der Waals surface area (Å²) in [5.41, 5.74) is 6.85. The van der Waals surface area contributed by atoms with E-state index in [4.69, 9.17) is 10.5 Å². The molecule has 0 bridgehead atoms. The first-order valence-corrected chi connectivity index (χ1v) is 7.95. The van der Waals surface area contributed by atoms with Gasteiger partial charge >= 0.3 is 0 Å². The predicted molar refractivity (Wildman–Crippen MR) is 94.5 cm³/mol. The average Bonchev–Trinajstić information content (AvgIpc) is 2.94. The number of hydrogen-bond donors (Lipinski definition) is 2. The van der Waals surface area contributed by atoms with Gasteiger partial charge in [0.1, 0.15) is 10.8 Å². The van der Waals surface area contributed by atoms with Crippen LogP contribution in [0.15, 0.2) is 24.3 Å². The number of ether oxygens (including phenoxy) is 1. The Morgan fingerprint density at radius 1 is 1.43 bits per heavy atom. The van der Waals surface area contributed by atoms with E-state index >= 15 is 0 Å². The lowest BCUT2D eigenvalue weighted by molar-refractivity contribution is -0.117. The Labute approximate surface area is 145 Å². The second-order valence-electron chi connectivity index (χ2n) is 4.91. The summed E-state index contributed by atoms with van der Waals surface area (Å²) in [6.45, 7) is 1.99. The van der Waals surface area contributed by atoms with Crippen LogP contribution >= 0.6 is 23.7 Å². The van der Waals surface area contributed by atoms with Gasteiger partial charge in [0.05, 0.1) is 13.2 Å². The molecule has 126 valence electrons. The van der Waals surface area contributed by atoms with Crippen LogP contribution in [0.5, 0.6) is 5.75 Å². The van der Waals surface area contributed by atoms with Crippen molar-refractivity contribution < 1.29 is 9.53 Å². The molecule has 0 saturated heterocycles. The van der Waals surface area contributed by atoms with Crippen LogP contribution in [0.2, 0.25) is 0 Å². The van der Waals surface area contributed by atoms with Gasteiger partial charge in [-0.3, -0.25) is 10.1 Å². The number of nitrogens with one attached hydrogen (secondary N) is 1. The molecule has 0 saturated carbocycles. The van der Waals surface area contributed by atoms with E-state index in [1.165, 1.54) is 11.3 Å². The minimum absolute atomic E-state index is 0. The Hall–Kier alpha value is -1.70. The number of aromatic nitrogens is 2. The maximum absolute atomic E-state index is 11.8. The van der Waals surface area contributed by atoms with Crippen molar-refractivity contribution in [3.63, 3.8) is 0 Å². The predicted octanol–water partition coefficient (Wildman–Crippen LogP) is 2.63. The summed E-state index contributed by atoms with van der Waals surface area (Å²) < 4.78 is 5.20. The second-order valence-corrected chi connectivity index (χ2v) is 5.98. The number of amides is 1. The number of carbonyl (C=O) groups is 1. The topological polar surface area (TPSA) is 90.1 Å². The van der Waals surface area contributed by atoms with Gasteiger partial charge in [-0.2, -0.15) is 0 Å². The zero-order chi connectivity index (χ0) is 15.9. The molecule has 1 aromatic carbocycles. The first kappa shape index (κ1) is 19.3. The minimum atomic E-state index is -0.504. The number of benzene rings is 1. The Morgan fingerprint density at radius 3 is 2.91 bits per heavy atom. The van der Waals surface area contributed by atoms with Gasteiger partial charge in [0, 0.05) is 6.42 Å². The van der Waals surface area contributed by atoms with Crippen molar-refractivity contribution in [1.82, 2.24) is 10.2 Å². The lowest BCUT2D eigenvalue weighted by atomic mass is 10.1. The van der Waals surface area contributed by atoms with Gasteiger partial charge < -0.3 is 10.5 Å². The monoisotopic (exact) mass is 356 g/mol. The van der Waals surface area contributed by atoms with E-state index < -0.39 is 6.04 Å². The summed E-state index contributed by atoms with van der Waals surface area (Å²) in [4.78, 5) is 11.8. The van der Waals surface area contributed by atoms with Gasteiger partial charge in [0.2, 0.25) is 11.0 Å². The minimum Gasteiger partial charge on any atom is -0.497 e. The summed E-state index contributed by atoms with van der Waals surface area (Å²) in [7, 11) is 1.64.